The smallest absolute Gasteiger partial charge is 0.353 e. The second-order valence-corrected chi connectivity index (χ2v) is 8.22. The zero-order chi connectivity index (χ0) is 21.4. The summed E-state index contributed by atoms with van der Waals surface area (Å²) < 4.78 is 72.6. The minimum atomic E-state index is -5.41. The van der Waals surface area contributed by atoms with E-state index in [-0.39, 0.29) is 12.7 Å². The molecule has 0 saturated carbocycles. The zero-order valence-electron chi connectivity index (χ0n) is 17.7. The van der Waals surface area contributed by atoms with Crippen molar-refractivity contribution < 1.29 is 31.4 Å². The van der Waals surface area contributed by atoms with E-state index in [1.807, 2.05) is 0 Å². The molecule has 1 aliphatic rings. The van der Waals surface area contributed by atoms with Gasteiger partial charge in [0.1, 0.15) is 0 Å². The van der Waals surface area contributed by atoms with Gasteiger partial charge in [0.2, 0.25) is 0 Å². The van der Waals surface area contributed by atoms with Gasteiger partial charge in [-0.3, -0.25) is 0 Å². The van der Waals surface area contributed by atoms with Crippen molar-refractivity contribution in [2.75, 3.05) is 13.2 Å². The van der Waals surface area contributed by atoms with Crippen molar-refractivity contribution in [1.82, 2.24) is 0 Å². The van der Waals surface area contributed by atoms with E-state index < -0.39 is 18.5 Å². The lowest BCUT2D eigenvalue weighted by molar-refractivity contribution is -0.284. The Labute approximate surface area is 172 Å². The monoisotopic (exact) mass is 430 g/mol. The zero-order valence-corrected chi connectivity index (χ0v) is 17.7. The topological polar surface area (TPSA) is 18.5 Å². The van der Waals surface area contributed by atoms with Crippen LogP contribution in [0.1, 0.15) is 109 Å². The number of alkyl halides is 5. The Morgan fingerprint density at radius 3 is 1.52 bits per heavy atom. The van der Waals surface area contributed by atoms with E-state index >= 15 is 0 Å². The van der Waals surface area contributed by atoms with Gasteiger partial charge < -0.3 is 9.47 Å². The molecule has 0 amide bonds. The average molecular weight is 431 g/mol. The molecule has 0 N–H and O–H groups in total. The van der Waals surface area contributed by atoms with Gasteiger partial charge in [-0.05, 0) is 19.3 Å². The first-order valence-electron chi connectivity index (χ1n) is 11.5. The van der Waals surface area contributed by atoms with Crippen LogP contribution in [0, 0.1) is 0 Å². The fraction of sp³-hybridized carbons (Fsp3) is 1.00. The summed E-state index contributed by atoms with van der Waals surface area (Å²) in [5.74, 6) is -4.54. The highest BCUT2D eigenvalue weighted by atomic mass is 19.4. The molecular formula is C22H39F5O2. The quantitative estimate of drug-likeness (QED) is 0.161. The lowest BCUT2D eigenvalue weighted by Crippen LogP contribution is -2.36. The van der Waals surface area contributed by atoms with Crippen LogP contribution in [0.15, 0.2) is 0 Å². The largest absolute Gasteiger partial charge is 0.453 e. The van der Waals surface area contributed by atoms with E-state index in [4.69, 9.17) is 9.47 Å². The summed E-state index contributed by atoms with van der Waals surface area (Å²) in [6, 6.07) is 0. The van der Waals surface area contributed by atoms with E-state index in [1.54, 1.807) is 0 Å². The van der Waals surface area contributed by atoms with Crippen LogP contribution in [0.25, 0.3) is 0 Å². The summed E-state index contributed by atoms with van der Waals surface area (Å²) in [7, 11) is 0. The molecule has 0 aromatic heterocycles. The van der Waals surface area contributed by atoms with Crippen molar-refractivity contribution in [2.24, 2.45) is 0 Å². The maximum atomic E-state index is 12.7. The van der Waals surface area contributed by atoms with Gasteiger partial charge >= 0.3 is 12.1 Å². The molecule has 0 bridgehead atoms. The van der Waals surface area contributed by atoms with Crippen LogP contribution in [0.4, 0.5) is 22.0 Å². The summed E-state index contributed by atoms with van der Waals surface area (Å²) >= 11 is 0. The van der Waals surface area contributed by atoms with Crippen molar-refractivity contribution in [3.05, 3.63) is 0 Å². The lowest BCUT2D eigenvalue weighted by Gasteiger charge is -2.19. The molecule has 1 unspecified atom stereocenters. The van der Waals surface area contributed by atoms with E-state index in [0.717, 1.165) is 58.2 Å². The van der Waals surface area contributed by atoms with E-state index in [1.165, 1.54) is 44.9 Å². The fourth-order valence-corrected chi connectivity index (χ4v) is 3.61. The maximum Gasteiger partial charge on any atom is 0.453 e. The molecule has 1 atom stereocenters. The molecule has 1 aliphatic heterocycles. The van der Waals surface area contributed by atoms with Gasteiger partial charge in [0.25, 0.3) is 0 Å². The number of halogens is 5. The Morgan fingerprint density at radius 2 is 1.10 bits per heavy atom. The molecule has 1 heterocycles. The van der Waals surface area contributed by atoms with Crippen molar-refractivity contribution in [1.29, 1.82) is 0 Å². The normalized spacial score (nSPS) is 17.9. The van der Waals surface area contributed by atoms with Crippen LogP contribution in [-0.4, -0.2) is 31.6 Å². The van der Waals surface area contributed by atoms with Crippen LogP contribution in [-0.2, 0) is 9.47 Å². The molecular weight excluding hydrogens is 391 g/mol. The minimum absolute atomic E-state index is 0.0362. The number of unbranched alkanes of at least 4 members (excludes halogenated alkanes) is 13. The number of hydrogen-bond donors (Lipinski definition) is 0. The highest BCUT2D eigenvalue weighted by molar-refractivity contribution is 4.75. The second kappa shape index (κ2) is 15.4. The Kier molecular flexibility index (Phi) is 14.1. The molecule has 1 rings (SSSR count). The van der Waals surface area contributed by atoms with Gasteiger partial charge in [0.15, 0.2) is 6.29 Å². The predicted octanol–water partition coefficient (Wildman–Crippen LogP) is 8.19. The summed E-state index contributed by atoms with van der Waals surface area (Å²) in [4.78, 5) is 0. The van der Waals surface area contributed by atoms with Gasteiger partial charge in [-0.15, -0.1) is 0 Å². The Bertz CT molecular complexity index is 382. The average Bonchev–Trinajstić information content (AvgIpc) is 3.16. The molecule has 1 fully saturated rings. The van der Waals surface area contributed by atoms with Crippen LogP contribution < -0.4 is 0 Å². The lowest BCUT2D eigenvalue weighted by atomic mass is 10.0. The van der Waals surface area contributed by atoms with Crippen LogP contribution in [0.3, 0.4) is 0 Å². The van der Waals surface area contributed by atoms with E-state index in [0.29, 0.717) is 6.42 Å². The molecule has 174 valence electrons. The van der Waals surface area contributed by atoms with Gasteiger partial charge in [0.05, 0.1) is 0 Å². The van der Waals surface area contributed by atoms with Crippen molar-refractivity contribution in [2.45, 2.75) is 128 Å². The van der Waals surface area contributed by atoms with Crippen molar-refractivity contribution in [3.8, 4) is 0 Å². The predicted molar refractivity (Wildman–Crippen MR) is 105 cm³/mol. The van der Waals surface area contributed by atoms with Crippen LogP contribution in [0.5, 0.6) is 0 Å². The van der Waals surface area contributed by atoms with Crippen LogP contribution in [0.2, 0.25) is 0 Å². The number of ether oxygens (including phenoxy) is 2. The number of rotatable bonds is 18. The third kappa shape index (κ3) is 13.5. The SMILES string of the molecule is FC(F)(F)C(F)(F)CCCCCCCCCCCCCCCCOC1CCCO1. The molecule has 0 radical (unpaired) electrons. The Balaban J connectivity index is 1.73. The van der Waals surface area contributed by atoms with E-state index in [9.17, 15) is 22.0 Å². The summed E-state index contributed by atoms with van der Waals surface area (Å²) in [5, 5.41) is 0. The van der Waals surface area contributed by atoms with Gasteiger partial charge in [0, 0.05) is 26.1 Å². The van der Waals surface area contributed by atoms with Gasteiger partial charge in [-0.25, -0.2) is 0 Å². The number of hydrogen-bond acceptors (Lipinski definition) is 2. The maximum absolute atomic E-state index is 12.7. The molecule has 7 heteroatoms. The summed E-state index contributed by atoms with van der Waals surface area (Å²) in [5.41, 5.74) is 0. The second-order valence-electron chi connectivity index (χ2n) is 8.22. The summed E-state index contributed by atoms with van der Waals surface area (Å²) in [6.07, 6.45) is 9.64. The van der Waals surface area contributed by atoms with Crippen molar-refractivity contribution in [3.63, 3.8) is 0 Å². The first-order chi connectivity index (χ1) is 13.8. The molecule has 2 nitrogen and oxygen atoms in total. The minimum Gasteiger partial charge on any atom is -0.353 e. The third-order valence-electron chi connectivity index (χ3n) is 5.49. The van der Waals surface area contributed by atoms with Crippen molar-refractivity contribution >= 4 is 0 Å². The fourth-order valence-electron chi connectivity index (χ4n) is 3.61. The molecule has 1 saturated heterocycles. The Hall–Kier alpha value is -0.430. The van der Waals surface area contributed by atoms with E-state index in [2.05, 4.69) is 0 Å². The third-order valence-corrected chi connectivity index (χ3v) is 5.49. The molecule has 0 spiro atoms. The molecule has 0 aromatic rings. The van der Waals surface area contributed by atoms with Gasteiger partial charge in [-0.2, -0.15) is 22.0 Å². The standard InChI is InChI=1S/C22H39F5O2/c23-21(24,22(25,26)27)17-13-11-9-7-5-3-1-2-4-6-8-10-12-14-18-28-20-16-15-19-29-20/h20H,1-19H2. The highest BCUT2D eigenvalue weighted by Crippen LogP contribution is 2.39. The molecule has 0 aliphatic carbocycles. The molecule has 29 heavy (non-hydrogen) atoms. The first kappa shape index (κ1) is 26.6. The summed E-state index contributed by atoms with van der Waals surface area (Å²) in [6.45, 7) is 1.63. The van der Waals surface area contributed by atoms with Crippen LogP contribution >= 0.6 is 0 Å². The Morgan fingerprint density at radius 1 is 0.655 bits per heavy atom. The van der Waals surface area contributed by atoms with Gasteiger partial charge in [-0.1, -0.05) is 77.0 Å². The molecule has 0 aromatic carbocycles. The first-order valence-corrected chi connectivity index (χ1v) is 11.5. The highest BCUT2D eigenvalue weighted by Gasteiger charge is 2.56.